The van der Waals surface area contributed by atoms with Crippen LogP contribution in [0.4, 0.5) is 11.8 Å². The Morgan fingerprint density at radius 1 is 1.10 bits per heavy atom. The number of benzene rings is 2. The zero-order chi connectivity index (χ0) is 20.7. The van der Waals surface area contributed by atoms with Crippen molar-refractivity contribution in [2.75, 3.05) is 16.0 Å². The van der Waals surface area contributed by atoms with Crippen molar-refractivity contribution in [3.8, 4) is 0 Å². The van der Waals surface area contributed by atoms with Crippen molar-refractivity contribution in [1.29, 1.82) is 0 Å². The fourth-order valence-corrected chi connectivity index (χ4v) is 5.79. The summed E-state index contributed by atoms with van der Waals surface area (Å²) in [6, 6.07) is 16.6. The van der Waals surface area contributed by atoms with E-state index in [9.17, 15) is 4.79 Å². The van der Waals surface area contributed by atoms with Crippen molar-refractivity contribution in [3.63, 3.8) is 0 Å². The lowest BCUT2D eigenvalue weighted by Crippen LogP contribution is -2.41. The van der Waals surface area contributed by atoms with E-state index in [4.69, 9.17) is 9.97 Å². The predicted molar refractivity (Wildman–Crippen MR) is 127 cm³/mol. The lowest BCUT2D eigenvalue weighted by Gasteiger charge is -2.33. The molecular weight excluding hydrogens is 460 g/mol. The van der Waals surface area contributed by atoms with Gasteiger partial charge in [0.2, 0.25) is 11.9 Å². The molecule has 5 nitrogen and oxygen atoms in total. The maximum atomic E-state index is 13.0. The maximum absolute atomic E-state index is 13.0. The summed E-state index contributed by atoms with van der Waals surface area (Å²) in [6.07, 6.45) is 4.80. The van der Waals surface area contributed by atoms with Crippen LogP contribution in [0.3, 0.4) is 0 Å². The first kappa shape index (κ1) is 19.8. The highest BCUT2D eigenvalue weighted by molar-refractivity contribution is 9.10. The number of fused-ring (bicyclic) bond motifs is 1. The van der Waals surface area contributed by atoms with Gasteiger partial charge in [-0.3, -0.25) is 9.69 Å². The number of hydrogen-bond acceptors (Lipinski definition) is 5. The summed E-state index contributed by atoms with van der Waals surface area (Å²) in [5, 5.41) is 4.63. The summed E-state index contributed by atoms with van der Waals surface area (Å²) in [7, 11) is 0. The molecule has 1 saturated heterocycles. The standard InChI is InChI=1S/C23H23BrN4OS/c1-23(15-10-12-16(24)13-11-15)28(20(29)14-30-23)22-26-19-9-5-4-8-18(19)21(27-22)25-17-6-2-3-7-17/h4-5,8-13,17H,2-3,6-7,14H2,1H3,(H,25,26,27). The second-order valence-electron chi connectivity index (χ2n) is 8.02. The molecule has 1 unspecified atom stereocenters. The topological polar surface area (TPSA) is 58.1 Å². The van der Waals surface area contributed by atoms with E-state index < -0.39 is 4.87 Å². The van der Waals surface area contributed by atoms with Gasteiger partial charge in [-0.05, 0) is 49.6 Å². The van der Waals surface area contributed by atoms with Crippen molar-refractivity contribution in [2.24, 2.45) is 0 Å². The number of aromatic nitrogens is 2. The number of carbonyl (C=O) groups excluding carboxylic acids is 1. The fraction of sp³-hybridized carbons (Fsp3) is 0.348. The van der Waals surface area contributed by atoms with E-state index in [0.717, 1.165) is 39.6 Å². The molecule has 0 spiro atoms. The molecule has 0 bridgehead atoms. The maximum Gasteiger partial charge on any atom is 0.240 e. The van der Waals surface area contributed by atoms with E-state index in [1.165, 1.54) is 12.8 Å². The molecule has 2 aromatic carbocycles. The van der Waals surface area contributed by atoms with Crippen LogP contribution >= 0.6 is 27.7 Å². The van der Waals surface area contributed by atoms with Gasteiger partial charge >= 0.3 is 0 Å². The van der Waals surface area contributed by atoms with Crippen molar-refractivity contribution < 1.29 is 4.79 Å². The lowest BCUT2D eigenvalue weighted by molar-refractivity contribution is -0.116. The number of rotatable bonds is 4. The molecule has 1 atom stereocenters. The SMILES string of the molecule is CC1(c2ccc(Br)cc2)SCC(=O)N1c1nc(NC2CCCC2)c2ccccc2n1. The van der Waals surface area contributed by atoms with Gasteiger partial charge in [0.05, 0.1) is 11.3 Å². The minimum atomic E-state index is -0.551. The Hall–Kier alpha value is -2.12. The van der Waals surface area contributed by atoms with E-state index in [2.05, 4.69) is 40.3 Å². The highest BCUT2D eigenvalue weighted by Gasteiger charge is 2.46. The van der Waals surface area contributed by atoms with E-state index in [-0.39, 0.29) is 5.91 Å². The Labute approximate surface area is 188 Å². The molecule has 7 heteroatoms. The van der Waals surface area contributed by atoms with Crippen LogP contribution in [0.15, 0.2) is 53.0 Å². The third-order valence-corrected chi connectivity index (χ3v) is 7.92. The summed E-state index contributed by atoms with van der Waals surface area (Å²) in [6.45, 7) is 2.08. The van der Waals surface area contributed by atoms with Gasteiger partial charge in [0.25, 0.3) is 0 Å². The van der Waals surface area contributed by atoms with Crippen LogP contribution in [-0.2, 0) is 9.67 Å². The third-order valence-electron chi connectivity index (χ3n) is 6.02. The number of halogens is 1. The Bertz CT molecular complexity index is 1100. The molecule has 1 aromatic heterocycles. The van der Waals surface area contributed by atoms with E-state index in [1.54, 1.807) is 16.7 Å². The molecule has 1 N–H and O–H groups in total. The summed E-state index contributed by atoms with van der Waals surface area (Å²) in [4.78, 5) is 23.9. The molecule has 154 valence electrons. The highest BCUT2D eigenvalue weighted by Crippen LogP contribution is 2.47. The molecule has 30 heavy (non-hydrogen) atoms. The molecule has 5 rings (SSSR count). The van der Waals surface area contributed by atoms with Crippen LogP contribution in [-0.4, -0.2) is 27.7 Å². The van der Waals surface area contributed by atoms with Crippen LogP contribution in [0.2, 0.25) is 0 Å². The van der Waals surface area contributed by atoms with Crippen LogP contribution in [0.1, 0.15) is 38.2 Å². The van der Waals surface area contributed by atoms with Crippen molar-refractivity contribution in [2.45, 2.75) is 43.5 Å². The van der Waals surface area contributed by atoms with Crippen LogP contribution in [0, 0.1) is 0 Å². The second-order valence-corrected chi connectivity index (χ2v) is 10.3. The molecule has 2 fully saturated rings. The zero-order valence-corrected chi connectivity index (χ0v) is 19.2. The van der Waals surface area contributed by atoms with Gasteiger partial charge < -0.3 is 5.32 Å². The van der Waals surface area contributed by atoms with Gasteiger partial charge in [-0.2, -0.15) is 4.98 Å². The molecule has 0 radical (unpaired) electrons. The van der Waals surface area contributed by atoms with Gasteiger partial charge in [0.1, 0.15) is 10.7 Å². The Morgan fingerprint density at radius 2 is 1.83 bits per heavy atom. The monoisotopic (exact) mass is 482 g/mol. The number of anilines is 2. The van der Waals surface area contributed by atoms with Crippen LogP contribution in [0.25, 0.3) is 10.9 Å². The summed E-state index contributed by atoms with van der Waals surface area (Å²) < 4.78 is 1.01. The summed E-state index contributed by atoms with van der Waals surface area (Å²) in [5.74, 6) is 1.74. The molecule has 1 amide bonds. The molecule has 3 aromatic rings. The van der Waals surface area contributed by atoms with Gasteiger partial charge in [-0.1, -0.05) is 53.0 Å². The average Bonchev–Trinajstić information content (AvgIpc) is 3.36. The highest BCUT2D eigenvalue weighted by atomic mass is 79.9. The first-order valence-electron chi connectivity index (χ1n) is 10.3. The molecule has 1 aliphatic carbocycles. The number of nitrogens with zero attached hydrogens (tertiary/aromatic N) is 3. The molecule has 2 heterocycles. The first-order chi connectivity index (χ1) is 14.5. The average molecular weight is 483 g/mol. The number of carbonyl (C=O) groups is 1. The molecular formula is C23H23BrN4OS. The Morgan fingerprint density at radius 3 is 2.60 bits per heavy atom. The number of amides is 1. The minimum absolute atomic E-state index is 0.0347. The third kappa shape index (κ3) is 3.48. The van der Waals surface area contributed by atoms with E-state index in [1.807, 2.05) is 36.4 Å². The quantitative estimate of drug-likeness (QED) is 0.516. The fourth-order valence-electron chi connectivity index (χ4n) is 4.38. The van der Waals surface area contributed by atoms with Crippen molar-refractivity contribution in [3.05, 3.63) is 58.6 Å². The van der Waals surface area contributed by atoms with Gasteiger partial charge in [-0.15, -0.1) is 11.8 Å². The zero-order valence-electron chi connectivity index (χ0n) is 16.8. The largest absolute Gasteiger partial charge is 0.367 e. The Kier molecular flexibility index (Phi) is 5.19. The van der Waals surface area contributed by atoms with Gasteiger partial charge in [0.15, 0.2) is 0 Å². The second kappa shape index (κ2) is 7.85. The van der Waals surface area contributed by atoms with Crippen LogP contribution in [0.5, 0.6) is 0 Å². The number of nitrogens with one attached hydrogen (secondary N) is 1. The van der Waals surface area contributed by atoms with Crippen LogP contribution < -0.4 is 10.2 Å². The van der Waals surface area contributed by atoms with Gasteiger partial charge in [0, 0.05) is 15.9 Å². The van der Waals surface area contributed by atoms with Crippen molar-refractivity contribution in [1.82, 2.24) is 9.97 Å². The number of hydrogen-bond donors (Lipinski definition) is 1. The predicted octanol–water partition coefficient (Wildman–Crippen LogP) is 5.70. The summed E-state index contributed by atoms with van der Waals surface area (Å²) in [5.41, 5.74) is 1.91. The molecule has 2 aliphatic rings. The van der Waals surface area contributed by atoms with E-state index in [0.29, 0.717) is 17.7 Å². The van der Waals surface area contributed by atoms with E-state index >= 15 is 0 Å². The molecule has 1 aliphatic heterocycles. The number of thioether (sulfide) groups is 1. The Balaban J connectivity index is 1.61. The normalized spacial score (nSPS) is 22.2. The minimum Gasteiger partial charge on any atom is -0.367 e. The van der Waals surface area contributed by atoms with Crippen molar-refractivity contribution >= 4 is 56.3 Å². The smallest absolute Gasteiger partial charge is 0.240 e. The summed E-state index contributed by atoms with van der Waals surface area (Å²) >= 11 is 5.12. The molecule has 1 saturated carbocycles. The lowest BCUT2D eigenvalue weighted by atomic mass is 10.1. The number of para-hydroxylation sites is 1. The van der Waals surface area contributed by atoms with Gasteiger partial charge in [-0.25, -0.2) is 4.98 Å². The first-order valence-corrected chi connectivity index (χ1v) is 12.1.